The number of ether oxygens (including phenoxy) is 2. The highest BCUT2D eigenvalue weighted by Gasteiger charge is 2.46. The molecular formula is C11H11F3O5. The summed E-state index contributed by atoms with van der Waals surface area (Å²) in [6.45, 7) is 0. The molecule has 0 bridgehead atoms. The molecule has 0 heterocycles. The molecule has 0 saturated carbocycles. The van der Waals surface area contributed by atoms with E-state index in [1.165, 1.54) is 0 Å². The summed E-state index contributed by atoms with van der Waals surface area (Å²) < 4.78 is 47.1. The quantitative estimate of drug-likeness (QED) is 0.792. The summed E-state index contributed by atoms with van der Waals surface area (Å²) in [4.78, 5) is 22.5. The Morgan fingerprint density at radius 3 is 2.32 bits per heavy atom. The van der Waals surface area contributed by atoms with Gasteiger partial charge in [0.05, 0.1) is 12.7 Å². The molecule has 1 atom stereocenters. The lowest BCUT2D eigenvalue weighted by molar-refractivity contribution is -0.157. The lowest BCUT2D eigenvalue weighted by atomic mass is 9.86. The van der Waals surface area contributed by atoms with E-state index in [4.69, 9.17) is 5.11 Å². The standard InChI is InChI=1S/C11H11F3O5/c1-18-8(15)6-3-7(11(12,13)14)5-10(4-6,19-2)9(16)17/h3,5H,4H2,1-2H3,(H,16,17). The minimum absolute atomic E-state index is 0.415. The number of methoxy groups -OCH3 is 2. The largest absolute Gasteiger partial charge is 0.479 e. The average molecular weight is 280 g/mol. The predicted octanol–water partition coefficient (Wildman–Crippen LogP) is 1.45. The molecule has 0 fully saturated rings. The molecule has 0 aliphatic heterocycles. The molecule has 0 aromatic rings. The molecule has 0 aromatic heterocycles. The van der Waals surface area contributed by atoms with Crippen LogP contribution < -0.4 is 0 Å². The van der Waals surface area contributed by atoms with Gasteiger partial charge in [-0.05, 0) is 12.2 Å². The number of carbonyl (C=O) groups is 2. The number of hydrogen-bond donors (Lipinski definition) is 1. The van der Waals surface area contributed by atoms with Gasteiger partial charge in [-0.3, -0.25) is 0 Å². The molecule has 0 spiro atoms. The second-order valence-electron chi connectivity index (χ2n) is 3.83. The Morgan fingerprint density at radius 2 is 1.95 bits per heavy atom. The van der Waals surface area contributed by atoms with Crippen molar-refractivity contribution in [3.8, 4) is 0 Å². The van der Waals surface area contributed by atoms with Gasteiger partial charge >= 0.3 is 18.1 Å². The predicted molar refractivity (Wildman–Crippen MR) is 56.2 cm³/mol. The van der Waals surface area contributed by atoms with Gasteiger partial charge < -0.3 is 14.6 Å². The van der Waals surface area contributed by atoms with Gasteiger partial charge in [-0.2, -0.15) is 13.2 Å². The number of halogens is 3. The molecule has 106 valence electrons. The van der Waals surface area contributed by atoms with Crippen LogP contribution in [0.3, 0.4) is 0 Å². The van der Waals surface area contributed by atoms with Crippen molar-refractivity contribution >= 4 is 11.9 Å². The monoisotopic (exact) mass is 280 g/mol. The van der Waals surface area contributed by atoms with E-state index >= 15 is 0 Å². The van der Waals surface area contributed by atoms with E-state index in [0.717, 1.165) is 14.2 Å². The van der Waals surface area contributed by atoms with E-state index in [0.29, 0.717) is 12.2 Å². The first-order chi connectivity index (χ1) is 8.66. The summed E-state index contributed by atoms with van der Waals surface area (Å²) in [7, 11) is 1.95. The van der Waals surface area contributed by atoms with Crippen molar-refractivity contribution in [3.63, 3.8) is 0 Å². The Balaban J connectivity index is 3.36. The maximum atomic E-state index is 12.7. The van der Waals surface area contributed by atoms with Crippen LogP contribution >= 0.6 is 0 Å². The van der Waals surface area contributed by atoms with Crippen LogP contribution in [0.1, 0.15) is 6.42 Å². The molecule has 1 unspecified atom stereocenters. The van der Waals surface area contributed by atoms with Crippen molar-refractivity contribution in [2.45, 2.75) is 18.2 Å². The Morgan fingerprint density at radius 1 is 1.37 bits per heavy atom. The van der Waals surface area contributed by atoms with Crippen molar-refractivity contribution in [1.29, 1.82) is 0 Å². The summed E-state index contributed by atoms with van der Waals surface area (Å²) in [5.74, 6) is -2.65. The molecular weight excluding hydrogens is 269 g/mol. The average Bonchev–Trinajstić information content (AvgIpc) is 2.35. The fourth-order valence-corrected chi connectivity index (χ4v) is 1.65. The van der Waals surface area contributed by atoms with Gasteiger partial charge in [-0.25, -0.2) is 9.59 Å². The Hall–Kier alpha value is -1.83. The van der Waals surface area contributed by atoms with Crippen LogP contribution in [0.2, 0.25) is 0 Å². The molecule has 8 heteroatoms. The van der Waals surface area contributed by atoms with Crippen LogP contribution in [-0.4, -0.2) is 43.0 Å². The Labute approximate surface area is 106 Å². The van der Waals surface area contributed by atoms with Crippen LogP contribution in [0, 0.1) is 0 Å². The fraction of sp³-hybridized carbons (Fsp3) is 0.455. The third-order valence-electron chi connectivity index (χ3n) is 2.67. The Bertz CT molecular complexity index is 463. The molecule has 0 amide bonds. The first kappa shape index (κ1) is 15.2. The van der Waals surface area contributed by atoms with Gasteiger partial charge in [0.15, 0.2) is 5.60 Å². The molecule has 1 N–H and O–H groups in total. The number of alkyl halides is 3. The van der Waals surface area contributed by atoms with Crippen molar-refractivity contribution in [1.82, 2.24) is 0 Å². The first-order valence-electron chi connectivity index (χ1n) is 5.04. The van der Waals surface area contributed by atoms with Crippen LogP contribution in [0.15, 0.2) is 23.3 Å². The second kappa shape index (κ2) is 5.04. The number of aliphatic carboxylic acids is 1. The molecule has 0 radical (unpaired) electrons. The van der Waals surface area contributed by atoms with E-state index in [2.05, 4.69) is 9.47 Å². The van der Waals surface area contributed by atoms with E-state index in [1.807, 2.05) is 0 Å². The highest BCUT2D eigenvalue weighted by molar-refractivity contribution is 5.93. The van der Waals surface area contributed by atoms with Crippen LogP contribution in [0.4, 0.5) is 13.2 Å². The fourth-order valence-electron chi connectivity index (χ4n) is 1.65. The summed E-state index contributed by atoms with van der Waals surface area (Å²) in [5, 5.41) is 9.03. The number of allylic oxidation sites excluding steroid dienone is 2. The highest BCUT2D eigenvalue weighted by atomic mass is 19.4. The van der Waals surface area contributed by atoms with Gasteiger partial charge in [0, 0.05) is 19.1 Å². The van der Waals surface area contributed by atoms with Gasteiger partial charge in [0.2, 0.25) is 0 Å². The summed E-state index contributed by atoms with van der Waals surface area (Å²) in [6, 6.07) is 0. The summed E-state index contributed by atoms with van der Waals surface area (Å²) >= 11 is 0. The highest BCUT2D eigenvalue weighted by Crippen LogP contribution is 2.37. The number of carboxylic acid groups (broad SMARTS) is 1. The van der Waals surface area contributed by atoms with Crippen LogP contribution in [0.5, 0.6) is 0 Å². The topological polar surface area (TPSA) is 72.8 Å². The normalized spacial score (nSPS) is 23.4. The number of hydrogen-bond acceptors (Lipinski definition) is 4. The second-order valence-corrected chi connectivity index (χ2v) is 3.83. The summed E-state index contributed by atoms with van der Waals surface area (Å²) in [6.07, 6.45) is -4.32. The zero-order valence-corrected chi connectivity index (χ0v) is 10.1. The molecule has 0 saturated heterocycles. The lowest BCUT2D eigenvalue weighted by Gasteiger charge is -2.29. The summed E-state index contributed by atoms with van der Waals surface area (Å²) in [5.41, 5.74) is -3.91. The van der Waals surface area contributed by atoms with Gasteiger partial charge in [-0.15, -0.1) is 0 Å². The number of esters is 1. The van der Waals surface area contributed by atoms with Crippen molar-refractivity contribution < 1.29 is 37.3 Å². The van der Waals surface area contributed by atoms with E-state index < -0.39 is 41.3 Å². The molecule has 1 aliphatic carbocycles. The SMILES string of the molecule is COC(=O)C1=CC(C(F)(F)F)=CC(OC)(C(=O)O)C1. The number of rotatable bonds is 3. The first-order valence-corrected chi connectivity index (χ1v) is 5.04. The maximum Gasteiger partial charge on any atom is 0.416 e. The molecule has 5 nitrogen and oxygen atoms in total. The number of carbonyl (C=O) groups excluding carboxylic acids is 1. The maximum absolute atomic E-state index is 12.7. The minimum atomic E-state index is -4.79. The minimum Gasteiger partial charge on any atom is -0.479 e. The zero-order valence-electron chi connectivity index (χ0n) is 10.1. The van der Waals surface area contributed by atoms with E-state index in [1.54, 1.807) is 0 Å². The third-order valence-corrected chi connectivity index (χ3v) is 2.67. The van der Waals surface area contributed by atoms with E-state index in [-0.39, 0.29) is 0 Å². The van der Waals surface area contributed by atoms with Crippen LogP contribution in [0.25, 0.3) is 0 Å². The van der Waals surface area contributed by atoms with Gasteiger partial charge in [-0.1, -0.05) is 0 Å². The van der Waals surface area contributed by atoms with E-state index in [9.17, 15) is 22.8 Å². The zero-order chi connectivity index (χ0) is 14.8. The molecule has 19 heavy (non-hydrogen) atoms. The third kappa shape index (κ3) is 2.95. The number of carboxylic acids is 1. The van der Waals surface area contributed by atoms with Gasteiger partial charge in [0.25, 0.3) is 0 Å². The molecule has 0 aromatic carbocycles. The molecule has 1 aliphatic rings. The van der Waals surface area contributed by atoms with Gasteiger partial charge in [0.1, 0.15) is 0 Å². The Kier molecular flexibility index (Phi) is 4.04. The molecule has 1 rings (SSSR count). The van der Waals surface area contributed by atoms with Crippen molar-refractivity contribution in [2.75, 3.05) is 14.2 Å². The van der Waals surface area contributed by atoms with Crippen molar-refractivity contribution in [2.24, 2.45) is 0 Å². The lowest BCUT2D eigenvalue weighted by Crippen LogP contribution is -2.42. The smallest absolute Gasteiger partial charge is 0.416 e. The van der Waals surface area contributed by atoms with Crippen LogP contribution in [-0.2, 0) is 19.1 Å². The van der Waals surface area contributed by atoms with Crippen molar-refractivity contribution in [3.05, 3.63) is 23.3 Å².